The van der Waals surface area contributed by atoms with Gasteiger partial charge in [0.15, 0.2) is 5.52 Å². The summed E-state index contributed by atoms with van der Waals surface area (Å²) < 4.78 is 5.97. The highest BCUT2D eigenvalue weighted by molar-refractivity contribution is 5.98. The topological polar surface area (TPSA) is 77.3 Å². The smallest absolute Gasteiger partial charge is 0.295 e. The third kappa shape index (κ3) is 4.47. The SMILES string of the molecule is Cc1cc(Nc2ccc(OCC3CCCCC3)cc2)c2cccc([N+](=O)[O-])c2n1. The molecular weight excluding hydrogens is 366 g/mol. The third-order valence-corrected chi connectivity index (χ3v) is 5.49. The zero-order chi connectivity index (χ0) is 20.2. The second-order valence-electron chi connectivity index (χ2n) is 7.71. The molecule has 0 bridgehead atoms. The van der Waals surface area contributed by atoms with Crippen LogP contribution in [0.2, 0.25) is 0 Å². The normalized spacial score (nSPS) is 14.7. The van der Waals surface area contributed by atoms with Crippen molar-refractivity contribution in [2.45, 2.75) is 39.0 Å². The molecule has 0 radical (unpaired) electrons. The van der Waals surface area contributed by atoms with Gasteiger partial charge in [-0.2, -0.15) is 0 Å². The Labute approximate surface area is 170 Å². The van der Waals surface area contributed by atoms with Crippen LogP contribution in [-0.2, 0) is 0 Å². The predicted molar refractivity (Wildman–Crippen MR) is 115 cm³/mol. The summed E-state index contributed by atoms with van der Waals surface area (Å²) >= 11 is 0. The van der Waals surface area contributed by atoms with Gasteiger partial charge < -0.3 is 10.1 Å². The molecule has 0 saturated heterocycles. The number of nitro groups is 1. The number of aromatic nitrogens is 1. The minimum atomic E-state index is -0.392. The standard InChI is InChI=1S/C23H25N3O3/c1-16-14-21(20-8-5-9-22(26(27)28)23(20)24-16)25-18-10-12-19(13-11-18)29-15-17-6-3-2-4-7-17/h5,8-14,17H,2-4,6-7,15H2,1H3,(H,24,25). The van der Waals surface area contributed by atoms with E-state index in [9.17, 15) is 10.1 Å². The number of non-ortho nitro benzene ring substituents is 1. The van der Waals surface area contributed by atoms with Gasteiger partial charge in [-0.1, -0.05) is 31.4 Å². The van der Waals surface area contributed by atoms with Gasteiger partial charge in [-0.15, -0.1) is 0 Å². The number of rotatable bonds is 6. The first kappa shape index (κ1) is 19.2. The summed E-state index contributed by atoms with van der Waals surface area (Å²) in [4.78, 5) is 15.3. The Balaban J connectivity index is 1.51. The quantitative estimate of drug-likeness (QED) is 0.402. The molecule has 6 heteroatoms. The van der Waals surface area contributed by atoms with E-state index in [1.165, 1.54) is 38.2 Å². The van der Waals surface area contributed by atoms with E-state index in [2.05, 4.69) is 10.3 Å². The summed E-state index contributed by atoms with van der Waals surface area (Å²) in [6.45, 7) is 2.62. The number of nitrogens with zero attached hydrogens (tertiary/aromatic N) is 2. The molecule has 1 aromatic heterocycles. The van der Waals surface area contributed by atoms with E-state index in [1.807, 2.05) is 43.3 Å². The summed E-state index contributed by atoms with van der Waals surface area (Å²) in [5.74, 6) is 1.54. The molecular formula is C23H25N3O3. The molecule has 3 aromatic rings. The summed E-state index contributed by atoms with van der Waals surface area (Å²) in [5.41, 5.74) is 2.83. The molecule has 0 unspecified atom stereocenters. The van der Waals surface area contributed by atoms with Gasteiger partial charge >= 0.3 is 0 Å². The molecule has 0 aliphatic heterocycles. The van der Waals surface area contributed by atoms with Gasteiger partial charge in [-0.25, -0.2) is 4.98 Å². The highest BCUT2D eigenvalue weighted by Gasteiger charge is 2.16. The Morgan fingerprint density at radius 1 is 1.14 bits per heavy atom. The van der Waals surface area contributed by atoms with E-state index in [0.29, 0.717) is 11.4 Å². The molecule has 150 valence electrons. The fraction of sp³-hybridized carbons (Fsp3) is 0.348. The minimum absolute atomic E-state index is 0.0145. The highest BCUT2D eigenvalue weighted by atomic mass is 16.6. The number of hydrogen-bond acceptors (Lipinski definition) is 5. The largest absolute Gasteiger partial charge is 0.493 e. The van der Waals surface area contributed by atoms with Crippen LogP contribution in [0.1, 0.15) is 37.8 Å². The van der Waals surface area contributed by atoms with E-state index in [0.717, 1.165) is 34.8 Å². The number of para-hydroxylation sites is 1. The maximum Gasteiger partial charge on any atom is 0.295 e. The molecule has 0 spiro atoms. The minimum Gasteiger partial charge on any atom is -0.493 e. The average molecular weight is 391 g/mol. The average Bonchev–Trinajstić information content (AvgIpc) is 2.73. The number of hydrogen-bond donors (Lipinski definition) is 1. The Morgan fingerprint density at radius 3 is 2.62 bits per heavy atom. The van der Waals surface area contributed by atoms with Crippen molar-refractivity contribution in [3.63, 3.8) is 0 Å². The van der Waals surface area contributed by atoms with Crippen LogP contribution in [0, 0.1) is 23.0 Å². The molecule has 2 aromatic carbocycles. The summed E-state index contributed by atoms with van der Waals surface area (Å²) in [7, 11) is 0. The van der Waals surface area contributed by atoms with E-state index in [1.54, 1.807) is 6.07 Å². The number of nitro benzene ring substituents is 1. The molecule has 1 aliphatic carbocycles. The summed E-state index contributed by atoms with van der Waals surface area (Å²) in [6.07, 6.45) is 6.51. The van der Waals surface area contributed by atoms with Crippen molar-refractivity contribution in [2.75, 3.05) is 11.9 Å². The predicted octanol–water partition coefficient (Wildman–Crippen LogP) is 6.15. The van der Waals surface area contributed by atoms with Crippen molar-refractivity contribution in [3.8, 4) is 5.75 Å². The summed E-state index contributed by atoms with van der Waals surface area (Å²) in [5, 5.41) is 15.4. The van der Waals surface area contributed by atoms with Crippen LogP contribution in [0.5, 0.6) is 5.75 Å². The lowest BCUT2D eigenvalue weighted by Gasteiger charge is -2.21. The lowest BCUT2D eigenvalue weighted by molar-refractivity contribution is -0.383. The molecule has 1 heterocycles. The van der Waals surface area contributed by atoms with Gasteiger partial charge in [0.25, 0.3) is 5.69 Å². The Kier molecular flexibility index (Phi) is 5.60. The van der Waals surface area contributed by atoms with E-state index in [4.69, 9.17) is 4.74 Å². The summed E-state index contributed by atoms with van der Waals surface area (Å²) in [6, 6.07) is 14.8. The second-order valence-corrected chi connectivity index (χ2v) is 7.71. The van der Waals surface area contributed by atoms with Gasteiger partial charge in [-0.3, -0.25) is 10.1 Å². The van der Waals surface area contributed by atoms with Crippen molar-refractivity contribution in [2.24, 2.45) is 5.92 Å². The molecule has 29 heavy (non-hydrogen) atoms. The third-order valence-electron chi connectivity index (χ3n) is 5.49. The fourth-order valence-corrected chi connectivity index (χ4v) is 3.97. The number of benzene rings is 2. The van der Waals surface area contributed by atoms with Crippen LogP contribution in [0.4, 0.5) is 17.1 Å². The van der Waals surface area contributed by atoms with E-state index >= 15 is 0 Å². The fourth-order valence-electron chi connectivity index (χ4n) is 3.97. The number of aryl methyl sites for hydroxylation is 1. The number of fused-ring (bicyclic) bond motifs is 1. The van der Waals surface area contributed by atoms with Crippen LogP contribution >= 0.6 is 0 Å². The maximum absolute atomic E-state index is 11.3. The highest BCUT2D eigenvalue weighted by Crippen LogP contribution is 2.32. The number of ether oxygens (including phenoxy) is 1. The van der Waals surface area contributed by atoms with Gasteiger partial charge in [0, 0.05) is 22.8 Å². The Bertz CT molecular complexity index is 1010. The van der Waals surface area contributed by atoms with Crippen molar-refractivity contribution >= 4 is 28.0 Å². The Morgan fingerprint density at radius 2 is 1.90 bits per heavy atom. The van der Waals surface area contributed by atoms with Gasteiger partial charge in [0.1, 0.15) is 5.75 Å². The van der Waals surface area contributed by atoms with Crippen molar-refractivity contribution in [1.82, 2.24) is 4.98 Å². The van der Waals surface area contributed by atoms with Crippen molar-refractivity contribution < 1.29 is 9.66 Å². The molecule has 1 fully saturated rings. The zero-order valence-corrected chi connectivity index (χ0v) is 16.6. The molecule has 0 amide bonds. The first-order valence-corrected chi connectivity index (χ1v) is 10.1. The Hall–Kier alpha value is -3.15. The number of nitrogens with one attached hydrogen (secondary N) is 1. The lowest BCUT2D eigenvalue weighted by Crippen LogP contribution is -2.15. The van der Waals surface area contributed by atoms with Crippen LogP contribution in [0.3, 0.4) is 0 Å². The van der Waals surface area contributed by atoms with Gasteiger partial charge in [0.2, 0.25) is 0 Å². The van der Waals surface area contributed by atoms with Gasteiger partial charge in [-0.05, 0) is 56.0 Å². The van der Waals surface area contributed by atoms with E-state index in [-0.39, 0.29) is 5.69 Å². The monoisotopic (exact) mass is 391 g/mol. The van der Waals surface area contributed by atoms with Crippen LogP contribution < -0.4 is 10.1 Å². The molecule has 1 saturated carbocycles. The lowest BCUT2D eigenvalue weighted by atomic mass is 9.90. The van der Waals surface area contributed by atoms with Crippen molar-refractivity contribution in [3.05, 3.63) is 64.3 Å². The molecule has 4 rings (SSSR count). The maximum atomic E-state index is 11.3. The van der Waals surface area contributed by atoms with E-state index < -0.39 is 4.92 Å². The first-order chi connectivity index (χ1) is 14.1. The molecule has 6 nitrogen and oxygen atoms in total. The van der Waals surface area contributed by atoms with Crippen LogP contribution in [0.25, 0.3) is 10.9 Å². The van der Waals surface area contributed by atoms with Crippen LogP contribution in [-0.4, -0.2) is 16.5 Å². The second kappa shape index (κ2) is 8.47. The molecule has 0 atom stereocenters. The molecule has 1 N–H and O–H groups in total. The number of anilines is 2. The number of pyridine rings is 1. The van der Waals surface area contributed by atoms with Crippen LogP contribution in [0.15, 0.2) is 48.5 Å². The zero-order valence-electron chi connectivity index (χ0n) is 16.6. The first-order valence-electron chi connectivity index (χ1n) is 10.1. The van der Waals surface area contributed by atoms with Crippen molar-refractivity contribution in [1.29, 1.82) is 0 Å². The molecule has 1 aliphatic rings. The van der Waals surface area contributed by atoms with Gasteiger partial charge in [0.05, 0.1) is 17.2 Å².